The number of carboxylic acids is 1. The molecule has 1 aliphatic carbocycles. The lowest BCUT2D eigenvalue weighted by atomic mass is 10.2. The molecule has 1 aromatic rings. The topological polar surface area (TPSA) is 112 Å². The average molecular weight is 273 g/mol. The minimum absolute atomic E-state index is 0.0136. The first kappa shape index (κ1) is 13.0. The third kappa shape index (κ3) is 3.81. The van der Waals surface area contributed by atoms with Crippen molar-refractivity contribution in [1.82, 2.24) is 14.7 Å². The highest BCUT2D eigenvalue weighted by atomic mass is 32.2. The first-order chi connectivity index (χ1) is 8.46. The Morgan fingerprint density at radius 2 is 2.33 bits per heavy atom. The van der Waals surface area contributed by atoms with Crippen molar-refractivity contribution in [3.05, 3.63) is 18.2 Å². The third-order valence-corrected chi connectivity index (χ3v) is 4.30. The van der Waals surface area contributed by atoms with Crippen LogP contribution in [0.3, 0.4) is 0 Å². The molecular weight excluding hydrogens is 258 g/mol. The van der Waals surface area contributed by atoms with E-state index in [4.69, 9.17) is 5.11 Å². The van der Waals surface area contributed by atoms with E-state index in [1.807, 2.05) is 0 Å². The Kier molecular flexibility index (Phi) is 3.67. The van der Waals surface area contributed by atoms with Crippen LogP contribution in [0.5, 0.6) is 0 Å². The molecule has 7 nitrogen and oxygen atoms in total. The highest BCUT2D eigenvalue weighted by Crippen LogP contribution is 2.30. The first-order valence-electron chi connectivity index (χ1n) is 5.66. The fraction of sp³-hybridized carbons (Fsp3) is 0.600. The molecule has 1 aromatic heterocycles. The molecule has 0 amide bonds. The smallest absolute Gasteiger partial charge is 0.322 e. The second-order valence-electron chi connectivity index (χ2n) is 4.51. The number of sulfonamides is 1. The van der Waals surface area contributed by atoms with Gasteiger partial charge >= 0.3 is 5.97 Å². The molecule has 1 atom stereocenters. The third-order valence-electron chi connectivity index (χ3n) is 2.75. The summed E-state index contributed by atoms with van der Waals surface area (Å²) in [7, 11) is -3.53. The highest BCUT2D eigenvalue weighted by Gasteiger charge is 2.31. The van der Waals surface area contributed by atoms with Crippen molar-refractivity contribution in [2.45, 2.75) is 25.3 Å². The Balaban J connectivity index is 1.99. The van der Waals surface area contributed by atoms with E-state index in [0.717, 1.165) is 12.8 Å². The lowest BCUT2D eigenvalue weighted by molar-refractivity contribution is -0.138. The van der Waals surface area contributed by atoms with Gasteiger partial charge in [0.15, 0.2) is 0 Å². The molecule has 0 saturated heterocycles. The zero-order valence-electron chi connectivity index (χ0n) is 9.67. The van der Waals surface area contributed by atoms with E-state index in [1.54, 1.807) is 0 Å². The summed E-state index contributed by atoms with van der Waals surface area (Å²) >= 11 is 0. The number of nitrogens with one attached hydrogen (secondary N) is 2. The molecule has 1 aliphatic rings. The number of aromatic nitrogens is 2. The van der Waals surface area contributed by atoms with E-state index in [1.165, 1.54) is 12.5 Å². The molecular formula is C10H15N3O4S. The summed E-state index contributed by atoms with van der Waals surface area (Å²) < 4.78 is 25.7. The van der Waals surface area contributed by atoms with E-state index < -0.39 is 22.0 Å². The molecule has 0 unspecified atom stereocenters. The molecule has 0 aromatic carbocycles. The number of aliphatic carboxylic acids is 1. The van der Waals surface area contributed by atoms with Gasteiger partial charge in [-0.3, -0.25) is 4.79 Å². The standard InChI is InChI=1S/C10H15N3O4S/c14-10(15)9(3-8-4-11-6-12-8)13-18(16,17)5-7-1-2-7/h4,6-7,9,13H,1-3,5H2,(H,11,12)(H,14,15)/t9-/m1/s1. The summed E-state index contributed by atoms with van der Waals surface area (Å²) in [6.07, 6.45) is 4.76. The minimum atomic E-state index is -3.53. The summed E-state index contributed by atoms with van der Waals surface area (Å²) in [6.45, 7) is 0. The Labute approximate surface area is 105 Å². The van der Waals surface area contributed by atoms with Crippen LogP contribution in [-0.4, -0.2) is 41.3 Å². The number of carbonyl (C=O) groups is 1. The zero-order valence-corrected chi connectivity index (χ0v) is 10.5. The van der Waals surface area contributed by atoms with Gasteiger partial charge in [-0.1, -0.05) is 0 Å². The summed E-state index contributed by atoms with van der Waals surface area (Å²) in [6, 6.07) is -1.16. The van der Waals surface area contributed by atoms with E-state index in [2.05, 4.69) is 14.7 Å². The minimum Gasteiger partial charge on any atom is -0.480 e. The van der Waals surface area contributed by atoms with Crippen molar-refractivity contribution in [3.63, 3.8) is 0 Å². The molecule has 0 spiro atoms. The van der Waals surface area contributed by atoms with Crippen molar-refractivity contribution in [3.8, 4) is 0 Å². The molecule has 2 rings (SSSR count). The van der Waals surface area contributed by atoms with Crippen LogP contribution >= 0.6 is 0 Å². The van der Waals surface area contributed by atoms with Gasteiger partial charge in [-0.15, -0.1) is 0 Å². The highest BCUT2D eigenvalue weighted by molar-refractivity contribution is 7.89. The number of imidazole rings is 1. The normalized spacial score (nSPS) is 17.6. The van der Waals surface area contributed by atoms with Gasteiger partial charge in [-0.2, -0.15) is 0 Å². The van der Waals surface area contributed by atoms with Crippen LogP contribution in [-0.2, 0) is 21.2 Å². The van der Waals surface area contributed by atoms with Crippen LogP contribution in [0.1, 0.15) is 18.5 Å². The van der Waals surface area contributed by atoms with Crippen LogP contribution in [0.2, 0.25) is 0 Å². The molecule has 0 radical (unpaired) electrons. The lowest BCUT2D eigenvalue weighted by Crippen LogP contribution is -2.43. The number of nitrogens with zero attached hydrogens (tertiary/aromatic N) is 1. The lowest BCUT2D eigenvalue weighted by Gasteiger charge is -2.13. The number of H-pyrrole nitrogens is 1. The van der Waals surface area contributed by atoms with E-state index >= 15 is 0 Å². The van der Waals surface area contributed by atoms with Gasteiger partial charge in [0, 0.05) is 18.3 Å². The Morgan fingerprint density at radius 3 is 2.83 bits per heavy atom. The van der Waals surface area contributed by atoms with E-state index in [-0.39, 0.29) is 18.1 Å². The molecule has 0 aliphatic heterocycles. The van der Waals surface area contributed by atoms with Crippen LogP contribution < -0.4 is 4.72 Å². The van der Waals surface area contributed by atoms with Gasteiger partial charge in [-0.05, 0) is 18.8 Å². The van der Waals surface area contributed by atoms with E-state index in [0.29, 0.717) is 5.69 Å². The van der Waals surface area contributed by atoms with Crippen molar-refractivity contribution in [1.29, 1.82) is 0 Å². The molecule has 1 saturated carbocycles. The van der Waals surface area contributed by atoms with Gasteiger partial charge in [0.05, 0.1) is 12.1 Å². The monoisotopic (exact) mass is 273 g/mol. The maximum atomic E-state index is 11.7. The second-order valence-corrected chi connectivity index (χ2v) is 6.31. The number of hydrogen-bond donors (Lipinski definition) is 3. The first-order valence-corrected chi connectivity index (χ1v) is 7.31. The summed E-state index contributed by atoms with van der Waals surface area (Å²) in [5, 5.41) is 9.02. The maximum Gasteiger partial charge on any atom is 0.322 e. The SMILES string of the molecule is O=C(O)[C@@H](Cc1cnc[nH]1)NS(=O)(=O)CC1CC1. The van der Waals surface area contributed by atoms with E-state index in [9.17, 15) is 13.2 Å². The summed E-state index contributed by atoms with van der Waals surface area (Å²) in [5.74, 6) is -0.993. The molecule has 8 heteroatoms. The molecule has 1 fully saturated rings. The number of hydrogen-bond acceptors (Lipinski definition) is 4. The molecule has 0 bridgehead atoms. The van der Waals surface area contributed by atoms with Crippen LogP contribution in [0.15, 0.2) is 12.5 Å². The van der Waals surface area contributed by atoms with Crippen molar-refractivity contribution < 1.29 is 18.3 Å². The van der Waals surface area contributed by atoms with Gasteiger partial charge in [0.1, 0.15) is 6.04 Å². The van der Waals surface area contributed by atoms with Gasteiger partial charge in [0.2, 0.25) is 10.0 Å². The molecule has 1 heterocycles. The van der Waals surface area contributed by atoms with Gasteiger partial charge in [0.25, 0.3) is 0 Å². The molecule has 3 N–H and O–H groups in total. The van der Waals surface area contributed by atoms with Gasteiger partial charge in [-0.25, -0.2) is 18.1 Å². The van der Waals surface area contributed by atoms with Crippen molar-refractivity contribution >= 4 is 16.0 Å². The molecule has 18 heavy (non-hydrogen) atoms. The maximum absolute atomic E-state index is 11.7. The number of carboxylic acid groups (broad SMARTS) is 1. The fourth-order valence-electron chi connectivity index (χ4n) is 1.66. The summed E-state index contributed by atoms with van der Waals surface area (Å²) in [4.78, 5) is 17.6. The quantitative estimate of drug-likeness (QED) is 0.633. The van der Waals surface area contributed by atoms with Crippen LogP contribution in [0.25, 0.3) is 0 Å². The fourth-order valence-corrected chi connectivity index (χ4v) is 3.32. The zero-order chi connectivity index (χ0) is 13.2. The second kappa shape index (κ2) is 5.07. The number of rotatable bonds is 7. The number of aromatic amines is 1. The Hall–Kier alpha value is -1.41. The Bertz CT molecular complexity index is 507. The van der Waals surface area contributed by atoms with Crippen LogP contribution in [0, 0.1) is 5.92 Å². The predicted molar refractivity (Wildman–Crippen MR) is 63.4 cm³/mol. The van der Waals surface area contributed by atoms with Crippen molar-refractivity contribution in [2.24, 2.45) is 5.92 Å². The summed E-state index contributed by atoms with van der Waals surface area (Å²) in [5.41, 5.74) is 0.580. The van der Waals surface area contributed by atoms with Crippen LogP contribution in [0.4, 0.5) is 0 Å². The van der Waals surface area contributed by atoms with Gasteiger partial charge < -0.3 is 10.1 Å². The molecule has 100 valence electrons. The van der Waals surface area contributed by atoms with Crippen molar-refractivity contribution in [2.75, 3.05) is 5.75 Å². The Morgan fingerprint density at radius 1 is 1.61 bits per heavy atom. The average Bonchev–Trinajstić information content (AvgIpc) is 2.91. The predicted octanol–water partition coefficient (Wildman–Crippen LogP) is -0.265. The largest absolute Gasteiger partial charge is 0.480 e.